The van der Waals surface area contributed by atoms with Gasteiger partial charge in [0.05, 0.1) is 22.4 Å². The lowest BCUT2D eigenvalue weighted by Gasteiger charge is -2.49. The van der Waals surface area contributed by atoms with Crippen LogP contribution in [-0.2, 0) is 0 Å². The summed E-state index contributed by atoms with van der Waals surface area (Å²) in [5.41, 5.74) is 4.54. The summed E-state index contributed by atoms with van der Waals surface area (Å²) in [6.45, 7) is 14.8. The van der Waals surface area contributed by atoms with E-state index in [1.807, 2.05) is 0 Å². The van der Waals surface area contributed by atoms with Crippen molar-refractivity contribution in [1.29, 1.82) is 0 Å². The first-order chi connectivity index (χ1) is 13.9. The molecule has 0 spiro atoms. The van der Waals surface area contributed by atoms with Gasteiger partial charge in [0.2, 0.25) is 0 Å². The molecule has 148 valence electrons. The summed E-state index contributed by atoms with van der Waals surface area (Å²) in [5.74, 6) is 2.64. The van der Waals surface area contributed by atoms with E-state index < -0.39 is 0 Å². The molecule has 1 fully saturated rings. The van der Waals surface area contributed by atoms with E-state index in [9.17, 15) is 0 Å². The van der Waals surface area contributed by atoms with Crippen molar-refractivity contribution in [2.75, 3.05) is 0 Å². The Hall–Kier alpha value is -2.68. The number of ether oxygens (including phenoxy) is 1. The average molecular weight is 385 g/mol. The zero-order valence-corrected chi connectivity index (χ0v) is 17.5. The zero-order chi connectivity index (χ0) is 20.3. The highest BCUT2D eigenvalue weighted by molar-refractivity contribution is 6.09. The number of nitrogens with zero attached hydrogens (tertiary/aromatic N) is 2. The van der Waals surface area contributed by atoms with Crippen LogP contribution in [0.25, 0.3) is 34.0 Å². The fourth-order valence-corrected chi connectivity index (χ4v) is 5.60. The highest BCUT2D eigenvalue weighted by atomic mass is 16.5. The van der Waals surface area contributed by atoms with E-state index >= 15 is 0 Å². The normalized spacial score (nSPS) is 25.1. The SMILES string of the molecule is C=Cc1nc2c3c(c4ccccc4c2nc1C=C)OC(C)(C)C1CCC(C)C[C@H]31. The number of aromatic nitrogens is 2. The van der Waals surface area contributed by atoms with Gasteiger partial charge in [-0.3, -0.25) is 0 Å². The molecule has 1 aliphatic heterocycles. The van der Waals surface area contributed by atoms with Crippen LogP contribution in [0.3, 0.4) is 0 Å². The first-order valence-corrected chi connectivity index (χ1v) is 10.6. The van der Waals surface area contributed by atoms with Gasteiger partial charge in [0.1, 0.15) is 11.4 Å². The minimum absolute atomic E-state index is 0.190. The van der Waals surface area contributed by atoms with Crippen LogP contribution in [0.4, 0.5) is 0 Å². The minimum atomic E-state index is -0.190. The number of fused-ring (bicyclic) bond motifs is 8. The van der Waals surface area contributed by atoms with Gasteiger partial charge in [0.25, 0.3) is 0 Å². The van der Waals surface area contributed by atoms with Gasteiger partial charge in [0, 0.05) is 22.3 Å². The van der Waals surface area contributed by atoms with Crippen molar-refractivity contribution < 1.29 is 4.74 Å². The monoisotopic (exact) mass is 384 g/mol. The van der Waals surface area contributed by atoms with Crippen LogP contribution in [0.1, 0.15) is 62.9 Å². The largest absolute Gasteiger partial charge is 0.487 e. The first kappa shape index (κ1) is 18.4. The molecule has 0 amide bonds. The molecule has 0 saturated heterocycles. The van der Waals surface area contributed by atoms with Gasteiger partial charge in [-0.05, 0) is 50.7 Å². The molecule has 2 aliphatic rings. The van der Waals surface area contributed by atoms with E-state index in [-0.39, 0.29) is 5.60 Å². The third kappa shape index (κ3) is 2.63. The number of hydrogen-bond donors (Lipinski definition) is 0. The fourth-order valence-electron chi connectivity index (χ4n) is 5.60. The zero-order valence-electron chi connectivity index (χ0n) is 17.5. The third-order valence-corrected chi connectivity index (χ3v) is 7.01. The van der Waals surface area contributed by atoms with Crippen LogP contribution < -0.4 is 4.74 Å². The summed E-state index contributed by atoms with van der Waals surface area (Å²) < 4.78 is 6.76. The topological polar surface area (TPSA) is 35.0 Å². The second-order valence-corrected chi connectivity index (χ2v) is 9.22. The van der Waals surface area contributed by atoms with Gasteiger partial charge in [-0.1, -0.05) is 50.8 Å². The van der Waals surface area contributed by atoms with Crippen LogP contribution in [0.2, 0.25) is 0 Å². The molecule has 5 rings (SSSR count). The maximum atomic E-state index is 6.76. The predicted octanol–water partition coefficient (Wildman–Crippen LogP) is 6.76. The Morgan fingerprint density at radius 1 is 1.00 bits per heavy atom. The molecular formula is C26H28N2O. The first-order valence-electron chi connectivity index (χ1n) is 10.6. The summed E-state index contributed by atoms with van der Waals surface area (Å²) in [6, 6.07) is 8.43. The third-order valence-electron chi connectivity index (χ3n) is 7.01. The van der Waals surface area contributed by atoms with E-state index in [4.69, 9.17) is 14.7 Å². The van der Waals surface area contributed by atoms with Gasteiger partial charge in [0.15, 0.2) is 0 Å². The van der Waals surface area contributed by atoms with E-state index in [0.29, 0.717) is 17.8 Å². The lowest BCUT2D eigenvalue weighted by Crippen LogP contribution is -2.46. The van der Waals surface area contributed by atoms with Gasteiger partial charge < -0.3 is 4.74 Å². The van der Waals surface area contributed by atoms with Gasteiger partial charge in [-0.15, -0.1) is 0 Å². The van der Waals surface area contributed by atoms with Crippen LogP contribution >= 0.6 is 0 Å². The van der Waals surface area contributed by atoms with Gasteiger partial charge >= 0.3 is 0 Å². The van der Waals surface area contributed by atoms with E-state index in [1.165, 1.54) is 24.8 Å². The molecule has 3 aromatic rings. The smallest absolute Gasteiger partial charge is 0.133 e. The summed E-state index contributed by atoms with van der Waals surface area (Å²) in [6.07, 6.45) is 7.17. The van der Waals surface area contributed by atoms with E-state index in [2.05, 4.69) is 58.2 Å². The summed E-state index contributed by atoms with van der Waals surface area (Å²) in [7, 11) is 0. The number of hydrogen-bond acceptors (Lipinski definition) is 3. The van der Waals surface area contributed by atoms with Crippen LogP contribution in [0.5, 0.6) is 5.75 Å². The molecule has 29 heavy (non-hydrogen) atoms. The molecule has 1 saturated carbocycles. The highest BCUT2D eigenvalue weighted by Gasteiger charge is 2.47. The quantitative estimate of drug-likeness (QED) is 0.458. The van der Waals surface area contributed by atoms with Crippen molar-refractivity contribution in [1.82, 2.24) is 9.97 Å². The van der Waals surface area contributed by atoms with Crippen LogP contribution in [0, 0.1) is 11.8 Å². The molecule has 3 heteroatoms. The molecule has 0 N–H and O–H groups in total. The molecule has 0 radical (unpaired) electrons. The predicted molar refractivity (Wildman–Crippen MR) is 121 cm³/mol. The van der Waals surface area contributed by atoms with Crippen LogP contribution in [0.15, 0.2) is 37.4 Å². The molecule has 1 aromatic heterocycles. The highest BCUT2D eigenvalue weighted by Crippen LogP contribution is 2.56. The molecule has 3 atom stereocenters. The molecule has 2 aromatic carbocycles. The Kier molecular flexibility index (Phi) is 4.06. The Labute approximate surface area is 172 Å². The van der Waals surface area contributed by atoms with Gasteiger partial charge in [-0.2, -0.15) is 0 Å². The Morgan fingerprint density at radius 2 is 1.66 bits per heavy atom. The lowest BCUT2D eigenvalue weighted by molar-refractivity contribution is -0.0115. The summed E-state index contributed by atoms with van der Waals surface area (Å²) in [5, 5.41) is 2.22. The van der Waals surface area contributed by atoms with Crippen molar-refractivity contribution in [3.63, 3.8) is 0 Å². The second-order valence-electron chi connectivity index (χ2n) is 9.22. The Balaban J connectivity index is 1.94. The standard InChI is InChI=1S/C26H28N2O/c1-6-20-21(7-2)28-24-22-18-14-15(3)12-13-19(18)26(4,5)29-25(22)17-11-9-8-10-16(17)23(24)27-20/h6-11,15,18-19H,1-2,12-14H2,3-5H3/t15?,18-,19?/m0/s1. The van der Waals surface area contributed by atoms with Crippen molar-refractivity contribution in [3.05, 3.63) is 54.4 Å². The Bertz CT molecular complexity index is 1160. The molecular weight excluding hydrogens is 356 g/mol. The molecule has 2 heterocycles. The summed E-state index contributed by atoms with van der Waals surface area (Å²) in [4.78, 5) is 10.0. The number of rotatable bonds is 2. The minimum Gasteiger partial charge on any atom is -0.487 e. The molecule has 1 aliphatic carbocycles. The summed E-state index contributed by atoms with van der Waals surface area (Å²) >= 11 is 0. The van der Waals surface area contributed by atoms with Gasteiger partial charge in [-0.25, -0.2) is 9.97 Å². The maximum absolute atomic E-state index is 6.76. The Morgan fingerprint density at radius 3 is 2.34 bits per heavy atom. The maximum Gasteiger partial charge on any atom is 0.133 e. The average Bonchev–Trinajstić information content (AvgIpc) is 2.72. The van der Waals surface area contributed by atoms with Crippen molar-refractivity contribution in [3.8, 4) is 5.75 Å². The molecule has 3 nitrogen and oxygen atoms in total. The lowest BCUT2D eigenvalue weighted by atomic mass is 9.64. The van der Waals surface area contributed by atoms with Crippen LogP contribution in [-0.4, -0.2) is 15.6 Å². The molecule has 0 bridgehead atoms. The second kappa shape index (κ2) is 6.41. The fraction of sp³-hybridized carbons (Fsp3) is 0.385. The van der Waals surface area contributed by atoms with Crippen molar-refractivity contribution in [2.45, 2.75) is 51.6 Å². The van der Waals surface area contributed by atoms with E-state index in [1.54, 1.807) is 12.2 Å². The molecule has 2 unspecified atom stereocenters. The van der Waals surface area contributed by atoms with Crippen molar-refractivity contribution in [2.24, 2.45) is 11.8 Å². The number of benzene rings is 2. The van der Waals surface area contributed by atoms with Crippen molar-refractivity contribution >= 4 is 34.0 Å². The van der Waals surface area contributed by atoms with E-state index in [0.717, 1.165) is 38.9 Å².